The number of rotatable bonds is 5. The molecule has 0 unspecified atom stereocenters. The molecule has 0 spiro atoms. The van der Waals surface area contributed by atoms with Gasteiger partial charge in [0, 0.05) is 53.5 Å². The van der Waals surface area contributed by atoms with E-state index in [2.05, 4.69) is 15.6 Å². The van der Waals surface area contributed by atoms with Crippen LogP contribution in [0.15, 0.2) is 85.3 Å². The van der Waals surface area contributed by atoms with Gasteiger partial charge in [-0.1, -0.05) is 12.1 Å². The van der Waals surface area contributed by atoms with Crippen molar-refractivity contribution in [2.75, 3.05) is 10.6 Å². The first-order valence-electron chi connectivity index (χ1n) is 11.4. The van der Waals surface area contributed by atoms with E-state index in [1.165, 1.54) is 12.1 Å². The van der Waals surface area contributed by atoms with E-state index in [1.54, 1.807) is 24.5 Å². The zero-order valence-corrected chi connectivity index (χ0v) is 20.0. The number of hydrogen-bond donors (Lipinski definition) is 2. The summed E-state index contributed by atoms with van der Waals surface area (Å²) >= 11 is 0. The van der Waals surface area contributed by atoms with Crippen LogP contribution in [0, 0.1) is 6.92 Å². The number of anilines is 3. The number of benzene rings is 2. The van der Waals surface area contributed by atoms with Crippen molar-refractivity contribution in [2.45, 2.75) is 13.1 Å². The lowest BCUT2D eigenvalue weighted by molar-refractivity contribution is -0.137. The summed E-state index contributed by atoms with van der Waals surface area (Å²) in [6.07, 6.45) is 0.817. The third kappa shape index (κ3) is 5.02. The molecule has 5 aromatic rings. The molecule has 1 amide bonds. The van der Waals surface area contributed by atoms with E-state index < -0.39 is 17.6 Å². The highest BCUT2D eigenvalue weighted by molar-refractivity contribution is 6.05. The van der Waals surface area contributed by atoms with Crippen molar-refractivity contribution in [1.29, 1.82) is 0 Å². The molecule has 37 heavy (non-hydrogen) atoms. The second-order valence-electron chi connectivity index (χ2n) is 8.64. The molecule has 0 aliphatic rings. The lowest BCUT2D eigenvalue weighted by Gasteiger charge is -2.15. The number of aryl methyl sites for hydroxylation is 2. The Morgan fingerprint density at radius 1 is 0.946 bits per heavy atom. The van der Waals surface area contributed by atoms with E-state index in [0.717, 1.165) is 51.4 Å². The molecular weight excluding hydrogens is 479 g/mol. The lowest BCUT2D eigenvalue weighted by atomic mass is 10.1. The normalized spacial score (nSPS) is 11.5. The van der Waals surface area contributed by atoms with Crippen LogP contribution in [0.5, 0.6) is 0 Å². The zero-order valence-electron chi connectivity index (χ0n) is 20.0. The van der Waals surface area contributed by atoms with Gasteiger partial charge in [0.1, 0.15) is 5.65 Å². The zero-order chi connectivity index (χ0) is 26.2. The Labute approximate surface area is 210 Å². The third-order valence-corrected chi connectivity index (χ3v) is 6.03. The Kier molecular flexibility index (Phi) is 6.12. The summed E-state index contributed by atoms with van der Waals surface area (Å²) in [5.41, 5.74) is 4.45. The molecule has 9 heteroatoms. The molecule has 0 aliphatic carbocycles. The maximum absolute atomic E-state index is 13.1. The van der Waals surface area contributed by atoms with Gasteiger partial charge < -0.3 is 15.2 Å². The summed E-state index contributed by atoms with van der Waals surface area (Å²) in [6, 6.07) is 17.3. The number of nitrogens with one attached hydrogen (secondary N) is 2. The van der Waals surface area contributed by atoms with E-state index in [-0.39, 0.29) is 5.56 Å². The summed E-state index contributed by atoms with van der Waals surface area (Å²) in [5.74, 6) is -0.629. The molecule has 0 radical (unpaired) electrons. The van der Waals surface area contributed by atoms with E-state index in [0.29, 0.717) is 5.69 Å². The first-order chi connectivity index (χ1) is 17.7. The van der Waals surface area contributed by atoms with E-state index >= 15 is 0 Å². The number of amides is 1. The van der Waals surface area contributed by atoms with Crippen molar-refractivity contribution >= 4 is 34.0 Å². The van der Waals surface area contributed by atoms with Gasteiger partial charge in [0.25, 0.3) is 5.91 Å². The van der Waals surface area contributed by atoms with E-state index in [9.17, 15) is 18.0 Å². The van der Waals surface area contributed by atoms with Crippen LogP contribution in [0.3, 0.4) is 0 Å². The van der Waals surface area contributed by atoms with Gasteiger partial charge in [0.05, 0.1) is 16.9 Å². The van der Waals surface area contributed by atoms with Crippen LogP contribution in [0.1, 0.15) is 21.5 Å². The molecule has 3 heterocycles. The average molecular weight is 502 g/mol. The average Bonchev–Trinajstić information content (AvgIpc) is 3.27. The minimum absolute atomic E-state index is 0.0768. The van der Waals surface area contributed by atoms with Gasteiger partial charge in [-0.2, -0.15) is 13.2 Å². The van der Waals surface area contributed by atoms with Gasteiger partial charge in [0.2, 0.25) is 0 Å². The number of fused-ring (bicyclic) bond motifs is 1. The maximum atomic E-state index is 13.1. The number of pyridine rings is 2. The van der Waals surface area contributed by atoms with Crippen LogP contribution in [0.2, 0.25) is 0 Å². The molecule has 0 saturated carbocycles. The van der Waals surface area contributed by atoms with Gasteiger partial charge in [-0.05, 0) is 67.1 Å². The van der Waals surface area contributed by atoms with Crippen molar-refractivity contribution in [3.63, 3.8) is 0 Å². The van der Waals surface area contributed by atoms with Gasteiger partial charge >= 0.3 is 6.18 Å². The maximum Gasteiger partial charge on any atom is 0.416 e. The first-order valence-corrected chi connectivity index (χ1v) is 11.4. The standard InChI is InChI=1S/C28H22F3N5O/c1-17-6-7-21(33-27(37)19-4-3-5-20(14-19)28(29,30)31)15-23(17)34-25-16-24(18-8-11-32-12-9-18)35-26-22(25)10-13-36(26)2/h3-16H,1-2H3,(H,33,37)(H,34,35). The highest BCUT2D eigenvalue weighted by Crippen LogP contribution is 2.33. The molecule has 0 saturated heterocycles. The summed E-state index contributed by atoms with van der Waals surface area (Å²) < 4.78 is 41.1. The van der Waals surface area contributed by atoms with Crippen LogP contribution in [0.4, 0.5) is 30.2 Å². The SMILES string of the molecule is Cc1ccc(NC(=O)c2cccc(C(F)(F)F)c2)cc1Nc1cc(-c2ccncc2)nc2c1ccn2C. The third-order valence-electron chi connectivity index (χ3n) is 6.03. The fourth-order valence-corrected chi connectivity index (χ4v) is 4.03. The Bertz CT molecular complexity index is 1610. The van der Waals surface area contributed by atoms with Crippen molar-refractivity contribution in [2.24, 2.45) is 7.05 Å². The smallest absolute Gasteiger partial charge is 0.355 e. The Morgan fingerprint density at radius 2 is 1.73 bits per heavy atom. The second kappa shape index (κ2) is 9.42. The molecule has 0 bridgehead atoms. The predicted octanol–water partition coefficient (Wildman–Crippen LogP) is 6.96. The van der Waals surface area contributed by atoms with Crippen molar-refractivity contribution in [3.05, 3.63) is 102 Å². The minimum atomic E-state index is -4.53. The molecule has 2 aromatic carbocycles. The van der Waals surface area contributed by atoms with Gasteiger partial charge in [-0.3, -0.25) is 9.78 Å². The second-order valence-corrected chi connectivity index (χ2v) is 8.64. The Hall–Kier alpha value is -4.66. The first kappa shape index (κ1) is 24.1. The Morgan fingerprint density at radius 3 is 2.49 bits per heavy atom. The summed E-state index contributed by atoms with van der Waals surface area (Å²) in [4.78, 5) is 21.6. The summed E-state index contributed by atoms with van der Waals surface area (Å²) in [7, 11) is 1.92. The molecule has 5 rings (SSSR count). The van der Waals surface area contributed by atoms with Gasteiger partial charge in [-0.15, -0.1) is 0 Å². The molecule has 6 nitrogen and oxygen atoms in total. The molecule has 0 aliphatic heterocycles. The van der Waals surface area contributed by atoms with Crippen LogP contribution in [-0.2, 0) is 13.2 Å². The van der Waals surface area contributed by atoms with Crippen LogP contribution >= 0.6 is 0 Å². The highest BCUT2D eigenvalue weighted by Gasteiger charge is 2.30. The fourth-order valence-electron chi connectivity index (χ4n) is 4.03. The summed E-state index contributed by atoms with van der Waals surface area (Å²) in [6.45, 7) is 1.92. The lowest BCUT2D eigenvalue weighted by Crippen LogP contribution is -2.14. The highest BCUT2D eigenvalue weighted by atomic mass is 19.4. The monoisotopic (exact) mass is 501 g/mol. The minimum Gasteiger partial charge on any atom is -0.355 e. The van der Waals surface area contributed by atoms with E-state index in [4.69, 9.17) is 4.98 Å². The van der Waals surface area contributed by atoms with Crippen LogP contribution in [0.25, 0.3) is 22.3 Å². The van der Waals surface area contributed by atoms with Gasteiger partial charge in [-0.25, -0.2) is 4.98 Å². The molecular formula is C28H22F3N5O. The number of nitrogens with zero attached hydrogens (tertiary/aromatic N) is 3. The Balaban J connectivity index is 1.46. The molecule has 3 aromatic heterocycles. The fraction of sp³-hybridized carbons (Fsp3) is 0.107. The van der Waals surface area contributed by atoms with E-state index in [1.807, 2.05) is 55.1 Å². The number of carbonyl (C=O) groups excluding carboxylic acids is 1. The number of alkyl halides is 3. The van der Waals surface area contributed by atoms with Crippen molar-refractivity contribution in [1.82, 2.24) is 14.5 Å². The molecule has 0 fully saturated rings. The molecule has 0 atom stereocenters. The predicted molar refractivity (Wildman–Crippen MR) is 138 cm³/mol. The number of aromatic nitrogens is 3. The van der Waals surface area contributed by atoms with Crippen molar-refractivity contribution < 1.29 is 18.0 Å². The molecule has 186 valence electrons. The quantitative estimate of drug-likeness (QED) is 0.273. The topological polar surface area (TPSA) is 71.8 Å². The largest absolute Gasteiger partial charge is 0.416 e. The number of halogens is 3. The summed E-state index contributed by atoms with van der Waals surface area (Å²) in [5, 5.41) is 7.07. The molecule has 2 N–H and O–H groups in total. The number of hydrogen-bond acceptors (Lipinski definition) is 4. The van der Waals surface area contributed by atoms with Crippen LogP contribution < -0.4 is 10.6 Å². The van der Waals surface area contributed by atoms with Crippen molar-refractivity contribution in [3.8, 4) is 11.3 Å². The number of carbonyl (C=O) groups is 1. The van der Waals surface area contributed by atoms with Crippen LogP contribution in [-0.4, -0.2) is 20.4 Å². The van der Waals surface area contributed by atoms with Gasteiger partial charge in [0.15, 0.2) is 0 Å².